The molecule has 4 nitrogen and oxygen atoms in total. The van der Waals surface area contributed by atoms with Crippen molar-refractivity contribution in [3.05, 3.63) is 28.0 Å². The van der Waals surface area contributed by atoms with Crippen molar-refractivity contribution in [2.75, 3.05) is 0 Å². The summed E-state index contributed by atoms with van der Waals surface area (Å²) in [7, 11) is 0. The molecule has 0 fully saturated rings. The highest BCUT2D eigenvalue weighted by molar-refractivity contribution is 6.42. The minimum absolute atomic E-state index is 0. The van der Waals surface area contributed by atoms with E-state index in [0.29, 0.717) is 10.0 Å². The van der Waals surface area contributed by atoms with E-state index in [-0.39, 0.29) is 23.5 Å². The Morgan fingerprint density at radius 3 is 2.36 bits per heavy atom. The molecule has 0 spiro atoms. The number of benzene rings is 1. The van der Waals surface area contributed by atoms with Gasteiger partial charge in [0.15, 0.2) is 17.6 Å². The standard InChI is InChI=1S/C18H24Cl2N2O2.BrH/c1-3-4-5-6-7-8-9-21-13(2)22(12-18(23)24)17-11-15(20)14(19)10-16(17)21;/h10-11H,3-9,12H2,1-2H3;1H. The normalized spacial score (nSPS) is 10.9. The van der Waals surface area contributed by atoms with Crippen LogP contribution in [0.1, 0.15) is 51.3 Å². The van der Waals surface area contributed by atoms with E-state index in [9.17, 15) is 9.90 Å². The minimum Gasteiger partial charge on any atom is -1.00 e. The van der Waals surface area contributed by atoms with Crippen molar-refractivity contribution < 1.29 is 31.4 Å². The van der Waals surface area contributed by atoms with Crippen LogP contribution in [-0.4, -0.2) is 15.6 Å². The lowest BCUT2D eigenvalue weighted by Crippen LogP contribution is -3.00. The molecule has 0 aliphatic heterocycles. The summed E-state index contributed by atoms with van der Waals surface area (Å²) >= 11 is 12.3. The molecule has 7 heteroatoms. The van der Waals surface area contributed by atoms with Gasteiger partial charge >= 0.3 is 5.97 Å². The molecule has 25 heavy (non-hydrogen) atoms. The topological polar surface area (TPSA) is 46.1 Å². The average molecular weight is 452 g/mol. The molecule has 1 heterocycles. The summed E-state index contributed by atoms with van der Waals surface area (Å²) in [6, 6.07) is 3.59. The maximum atomic E-state index is 11.2. The average Bonchev–Trinajstić information content (AvgIpc) is 2.76. The van der Waals surface area contributed by atoms with Crippen LogP contribution in [-0.2, 0) is 17.9 Å². The number of imidazole rings is 1. The van der Waals surface area contributed by atoms with Gasteiger partial charge in [-0.1, -0.05) is 55.8 Å². The van der Waals surface area contributed by atoms with Crippen molar-refractivity contribution in [3.63, 3.8) is 0 Å². The number of carbonyl (C=O) groups is 1. The van der Waals surface area contributed by atoms with Crippen molar-refractivity contribution in [3.8, 4) is 0 Å². The fourth-order valence-corrected chi connectivity index (χ4v) is 3.44. The first-order valence-electron chi connectivity index (χ1n) is 8.55. The van der Waals surface area contributed by atoms with E-state index in [1.165, 1.54) is 32.1 Å². The SMILES string of the molecule is CCCCCCCCn1c(C)[n+](CC(=O)O)c2cc(Cl)c(Cl)cc21.[Br-]. The molecule has 0 amide bonds. The summed E-state index contributed by atoms with van der Waals surface area (Å²) in [5.74, 6) is 0.0482. The summed E-state index contributed by atoms with van der Waals surface area (Å²) in [6.07, 6.45) is 7.31. The van der Waals surface area contributed by atoms with E-state index < -0.39 is 5.97 Å². The fourth-order valence-electron chi connectivity index (χ4n) is 3.12. The zero-order valence-electron chi connectivity index (χ0n) is 14.7. The molecule has 1 N–H and O–H groups in total. The van der Waals surface area contributed by atoms with Crippen molar-refractivity contribution in [1.82, 2.24) is 4.57 Å². The van der Waals surface area contributed by atoms with Crippen LogP contribution < -0.4 is 21.5 Å². The van der Waals surface area contributed by atoms with Gasteiger partial charge in [0.25, 0.3) is 5.82 Å². The van der Waals surface area contributed by atoms with E-state index in [4.69, 9.17) is 23.2 Å². The molecule has 2 rings (SSSR count). The highest BCUT2D eigenvalue weighted by atomic mass is 79.9. The second-order valence-corrected chi connectivity index (χ2v) is 7.02. The zero-order valence-corrected chi connectivity index (χ0v) is 17.8. The van der Waals surface area contributed by atoms with Crippen LogP contribution in [0.25, 0.3) is 11.0 Å². The summed E-state index contributed by atoms with van der Waals surface area (Å²) in [5.41, 5.74) is 1.76. The Kier molecular flexibility index (Phi) is 9.25. The summed E-state index contributed by atoms with van der Waals surface area (Å²) in [5, 5.41) is 10.1. The van der Waals surface area contributed by atoms with Crippen molar-refractivity contribution in [1.29, 1.82) is 0 Å². The number of aliphatic carboxylic acids is 1. The number of fused-ring (bicyclic) bond motifs is 1. The molecule has 0 radical (unpaired) electrons. The molecule has 0 aliphatic carbocycles. The Labute approximate surface area is 169 Å². The highest BCUT2D eigenvalue weighted by Crippen LogP contribution is 2.28. The molecular weight excluding hydrogens is 427 g/mol. The van der Waals surface area contributed by atoms with E-state index in [0.717, 1.165) is 29.8 Å². The fraction of sp³-hybridized carbons (Fsp3) is 0.556. The number of hydrogen-bond acceptors (Lipinski definition) is 1. The van der Waals surface area contributed by atoms with E-state index in [1.54, 1.807) is 10.6 Å². The number of rotatable bonds is 9. The third kappa shape index (κ3) is 5.60. The molecule has 0 aliphatic rings. The summed E-state index contributed by atoms with van der Waals surface area (Å²) in [4.78, 5) is 11.2. The van der Waals surface area contributed by atoms with Crippen molar-refractivity contribution in [2.24, 2.45) is 0 Å². The Balaban J connectivity index is 0.00000312. The Hall–Kier alpha value is -0.780. The molecule has 140 valence electrons. The second kappa shape index (κ2) is 10.4. The number of aryl methyl sites for hydroxylation is 1. The predicted molar refractivity (Wildman–Crippen MR) is 97.9 cm³/mol. The molecule has 2 aromatic rings. The molecule has 1 aromatic heterocycles. The van der Waals surface area contributed by atoms with Gasteiger partial charge < -0.3 is 22.1 Å². The zero-order chi connectivity index (χ0) is 17.7. The minimum atomic E-state index is -0.868. The number of unbranched alkanes of at least 4 members (excludes halogenated alkanes) is 5. The van der Waals surface area contributed by atoms with Gasteiger partial charge in [-0.3, -0.25) is 0 Å². The molecular formula is C18H25BrCl2N2O2. The van der Waals surface area contributed by atoms with Crippen LogP contribution >= 0.6 is 23.2 Å². The number of carboxylic acid groups (broad SMARTS) is 1. The number of aromatic nitrogens is 2. The van der Waals surface area contributed by atoms with Gasteiger partial charge in [-0.2, -0.15) is 0 Å². The van der Waals surface area contributed by atoms with Crippen LogP contribution in [0.15, 0.2) is 12.1 Å². The van der Waals surface area contributed by atoms with Gasteiger partial charge in [-0.05, 0) is 12.8 Å². The Morgan fingerprint density at radius 2 is 1.72 bits per heavy atom. The quantitative estimate of drug-likeness (QED) is 0.468. The molecule has 1 aromatic carbocycles. The van der Waals surface area contributed by atoms with Crippen LogP contribution in [0.5, 0.6) is 0 Å². The first-order valence-corrected chi connectivity index (χ1v) is 9.30. The lowest BCUT2D eigenvalue weighted by molar-refractivity contribution is -0.667. The third-order valence-electron chi connectivity index (χ3n) is 4.41. The summed E-state index contributed by atoms with van der Waals surface area (Å²) < 4.78 is 3.94. The molecule has 0 bridgehead atoms. The first kappa shape index (κ1) is 22.3. The van der Waals surface area contributed by atoms with Crippen molar-refractivity contribution >= 4 is 40.2 Å². The van der Waals surface area contributed by atoms with Gasteiger partial charge in [0.1, 0.15) is 0 Å². The van der Waals surface area contributed by atoms with Crippen LogP contribution in [0, 0.1) is 6.92 Å². The number of nitrogens with zero attached hydrogens (tertiary/aromatic N) is 2. The second-order valence-electron chi connectivity index (χ2n) is 6.20. The first-order chi connectivity index (χ1) is 11.5. The van der Waals surface area contributed by atoms with Crippen LogP contribution in [0.2, 0.25) is 10.0 Å². The van der Waals surface area contributed by atoms with Gasteiger partial charge in [0, 0.05) is 19.1 Å². The molecule has 0 atom stereocenters. The van der Waals surface area contributed by atoms with Gasteiger partial charge in [0.05, 0.1) is 16.6 Å². The molecule has 0 saturated carbocycles. The van der Waals surface area contributed by atoms with Gasteiger partial charge in [-0.15, -0.1) is 0 Å². The maximum absolute atomic E-state index is 11.2. The number of carboxylic acids is 1. The molecule has 0 unspecified atom stereocenters. The lowest BCUT2D eigenvalue weighted by Gasteiger charge is -2.02. The van der Waals surface area contributed by atoms with Gasteiger partial charge in [0.2, 0.25) is 0 Å². The predicted octanol–water partition coefficient (Wildman–Crippen LogP) is 1.99. The summed E-state index contributed by atoms with van der Waals surface area (Å²) in [6.45, 7) is 4.94. The highest BCUT2D eigenvalue weighted by Gasteiger charge is 2.24. The van der Waals surface area contributed by atoms with E-state index in [2.05, 4.69) is 11.5 Å². The lowest BCUT2D eigenvalue weighted by atomic mass is 10.1. The van der Waals surface area contributed by atoms with E-state index >= 15 is 0 Å². The monoisotopic (exact) mass is 450 g/mol. The van der Waals surface area contributed by atoms with Crippen molar-refractivity contribution in [2.45, 2.75) is 65.5 Å². The Bertz CT molecular complexity index is 732. The third-order valence-corrected chi connectivity index (χ3v) is 5.13. The Morgan fingerprint density at radius 1 is 1.12 bits per heavy atom. The largest absolute Gasteiger partial charge is 1.00 e. The van der Waals surface area contributed by atoms with E-state index in [1.807, 2.05) is 13.0 Å². The number of halogens is 3. The van der Waals surface area contributed by atoms with Gasteiger partial charge in [-0.25, -0.2) is 13.9 Å². The number of hydrogen-bond donors (Lipinski definition) is 1. The smallest absolute Gasteiger partial charge is 0.346 e. The van der Waals surface area contributed by atoms with Crippen LogP contribution in [0.3, 0.4) is 0 Å². The van der Waals surface area contributed by atoms with Crippen LogP contribution in [0.4, 0.5) is 0 Å². The maximum Gasteiger partial charge on any atom is 0.346 e. The molecule has 0 saturated heterocycles.